The van der Waals surface area contributed by atoms with Gasteiger partial charge in [0, 0.05) is 5.56 Å². The second-order valence-corrected chi connectivity index (χ2v) is 10.8. The summed E-state index contributed by atoms with van der Waals surface area (Å²) in [5.74, 6) is 0.977. The Morgan fingerprint density at radius 2 is 0.905 bits per heavy atom. The van der Waals surface area contributed by atoms with Crippen LogP contribution in [0.25, 0.3) is 71.6 Å². The molecule has 0 atom stereocenters. The largest absolute Gasteiger partial charge is 0.296 e. The van der Waals surface area contributed by atoms with E-state index in [9.17, 15) is 0 Å². The number of hydrogen-bond donors (Lipinski definition) is 0. The molecule has 0 aliphatic carbocycles. The van der Waals surface area contributed by atoms with Crippen molar-refractivity contribution in [2.75, 3.05) is 0 Å². The van der Waals surface area contributed by atoms with Gasteiger partial charge in [-0.05, 0) is 74.5 Å². The van der Waals surface area contributed by atoms with Gasteiger partial charge in [0.15, 0.2) is 0 Å². The van der Waals surface area contributed by atoms with Crippen molar-refractivity contribution >= 4 is 32.6 Å². The monoisotopic (exact) mass is 536 g/mol. The summed E-state index contributed by atoms with van der Waals surface area (Å²) in [6.07, 6.45) is 0. The molecule has 8 rings (SSSR count). The van der Waals surface area contributed by atoms with Crippen LogP contribution in [0.15, 0.2) is 152 Å². The predicted molar refractivity (Wildman–Crippen MR) is 177 cm³/mol. The maximum absolute atomic E-state index is 4.90. The quantitative estimate of drug-likeness (QED) is 0.205. The molecule has 198 valence electrons. The van der Waals surface area contributed by atoms with E-state index in [0.29, 0.717) is 0 Å². The first-order chi connectivity index (χ1) is 20.8. The third kappa shape index (κ3) is 3.77. The molecule has 42 heavy (non-hydrogen) atoms. The molecule has 0 radical (unpaired) electrons. The Morgan fingerprint density at radius 1 is 0.429 bits per heavy atom. The van der Waals surface area contributed by atoms with Crippen LogP contribution in [0, 0.1) is 6.92 Å². The zero-order chi connectivity index (χ0) is 28.0. The van der Waals surface area contributed by atoms with Gasteiger partial charge in [0.05, 0.1) is 16.7 Å². The minimum absolute atomic E-state index is 0.977. The van der Waals surface area contributed by atoms with E-state index in [4.69, 9.17) is 4.98 Å². The number of aryl methyl sites for hydroxylation is 1. The van der Waals surface area contributed by atoms with Crippen molar-refractivity contribution in [2.24, 2.45) is 0 Å². The summed E-state index contributed by atoms with van der Waals surface area (Å²) in [7, 11) is 0. The Hall–Kier alpha value is -5.47. The highest BCUT2D eigenvalue weighted by Crippen LogP contribution is 2.47. The molecule has 0 bridgehead atoms. The second-order valence-electron chi connectivity index (χ2n) is 10.8. The van der Waals surface area contributed by atoms with E-state index in [1.54, 1.807) is 0 Å². The van der Waals surface area contributed by atoms with Crippen molar-refractivity contribution < 1.29 is 0 Å². The van der Waals surface area contributed by atoms with Crippen LogP contribution in [-0.4, -0.2) is 9.55 Å². The predicted octanol–water partition coefficient (Wildman–Crippen LogP) is 10.6. The van der Waals surface area contributed by atoms with Gasteiger partial charge in [-0.2, -0.15) is 0 Å². The normalized spacial score (nSPS) is 11.5. The summed E-state index contributed by atoms with van der Waals surface area (Å²) < 4.78 is 2.30. The molecular formula is C40H28N2. The first-order valence-corrected chi connectivity index (χ1v) is 14.4. The lowest BCUT2D eigenvalue weighted by Crippen LogP contribution is -2.00. The van der Waals surface area contributed by atoms with Crippen LogP contribution < -0.4 is 0 Å². The molecule has 1 aromatic heterocycles. The summed E-state index contributed by atoms with van der Waals surface area (Å²) >= 11 is 0. The van der Waals surface area contributed by atoms with Gasteiger partial charge >= 0.3 is 0 Å². The third-order valence-electron chi connectivity index (χ3n) is 8.36. The summed E-state index contributed by atoms with van der Waals surface area (Å²) in [4.78, 5) is 4.90. The third-order valence-corrected chi connectivity index (χ3v) is 8.36. The van der Waals surface area contributed by atoms with Crippen LogP contribution in [-0.2, 0) is 0 Å². The van der Waals surface area contributed by atoms with Crippen LogP contribution >= 0.6 is 0 Å². The molecule has 7 aromatic carbocycles. The van der Waals surface area contributed by atoms with Gasteiger partial charge < -0.3 is 0 Å². The molecule has 0 aliphatic rings. The molecule has 8 aromatic rings. The molecule has 0 N–H and O–H groups in total. The fraction of sp³-hybridized carbons (Fsp3) is 0.0250. The molecule has 0 spiro atoms. The first-order valence-electron chi connectivity index (χ1n) is 14.4. The van der Waals surface area contributed by atoms with Gasteiger partial charge in [-0.25, -0.2) is 4.98 Å². The second kappa shape index (κ2) is 9.87. The standard InChI is InChI=1S/C40H28N2/c1-27-41-36-24-12-14-26-38(36)42(27)37-25-13-11-23-35(37)40-33-21-9-7-19-31(33)39(32-20-8-10-22-34(32)40)30-18-6-5-17-29(30)28-15-3-2-4-16-28/h2-26H,1H3. The molecule has 0 fully saturated rings. The molecule has 0 saturated carbocycles. The van der Waals surface area contributed by atoms with E-state index in [2.05, 4.69) is 163 Å². The van der Waals surface area contributed by atoms with Crippen LogP contribution in [0.2, 0.25) is 0 Å². The van der Waals surface area contributed by atoms with Gasteiger partial charge in [-0.1, -0.05) is 133 Å². The van der Waals surface area contributed by atoms with E-state index in [-0.39, 0.29) is 0 Å². The van der Waals surface area contributed by atoms with Crippen LogP contribution in [0.5, 0.6) is 0 Å². The van der Waals surface area contributed by atoms with Gasteiger partial charge in [-0.3, -0.25) is 4.57 Å². The minimum atomic E-state index is 0.977. The number of aromatic nitrogens is 2. The molecule has 0 aliphatic heterocycles. The van der Waals surface area contributed by atoms with E-state index in [0.717, 1.165) is 22.5 Å². The van der Waals surface area contributed by atoms with Crippen molar-refractivity contribution in [1.29, 1.82) is 0 Å². The number of benzene rings is 7. The lowest BCUT2D eigenvalue weighted by molar-refractivity contribution is 1.00. The number of rotatable bonds is 4. The Balaban J connectivity index is 1.49. The maximum atomic E-state index is 4.90. The van der Waals surface area contributed by atoms with Gasteiger partial charge in [0.25, 0.3) is 0 Å². The molecular weight excluding hydrogens is 508 g/mol. The van der Waals surface area contributed by atoms with E-state index < -0.39 is 0 Å². The van der Waals surface area contributed by atoms with Gasteiger partial charge in [0.2, 0.25) is 0 Å². The average Bonchev–Trinajstić information content (AvgIpc) is 3.39. The van der Waals surface area contributed by atoms with Crippen molar-refractivity contribution in [3.8, 4) is 39.1 Å². The number of para-hydroxylation sites is 3. The van der Waals surface area contributed by atoms with Crippen LogP contribution in [0.3, 0.4) is 0 Å². The number of imidazole rings is 1. The van der Waals surface area contributed by atoms with E-state index in [1.807, 2.05) is 0 Å². The average molecular weight is 537 g/mol. The highest BCUT2D eigenvalue weighted by atomic mass is 15.1. The fourth-order valence-corrected chi connectivity index (χ4v) is 6.61. The highest BCUT2D eigenvalue weighted by Gasteiger charge is 2.21. The van der Waals surface area contributed by atoms with Crippen LogP contribution in [0.4, 0.5) is 0 Å². The molecule has 0 amide bonds. The maximum Gasteiger partial charge on any atom is 0.111 e. The van der Waals surface area contributed by atoms with Crippen molar-refractivity contribution in [1.82, 2.24) is 9.55 Å². The van der Waals surface area contributed by atoms with E-state index >= 15 is 0 Å². The van der Waals surface area contributed by atoms with Crippen molar-refractivity contribution in [3.63, 3.8) is 0 Å². The summed E-state index contributed by atoms with van der Waals surface area (Å²) in [6, 6.07) is 54.4. The Kier molecular flexibility index (Phi) is 5.72. The number of fused-ring (bicyclic) bond motifs is 3. The minimum Gasteiger partial charge on any atom is -0.296 e. The van der Waals surface area contributed by atoms with Crippen molar-refractivity contribution in [2.45, 2.75) is 6.92 Å². The molecule has 0 unspecified atom stereocenters. The zero-order valence-electron chi connectivity index (χ0n) is 23.3. The topological polar surface area (TPSA) is 17.8 Å². The zero-order valence-corrected chi connectivity index (χ0v) is 23.3. The van der Waals surface area contributed by atoms with Crippen molar-refractivity contribution in [3.05, 3.63) is 157 Å². The first kappa shape index (κ1) is 24.3. The van der Waals surface area contributed by atoms with E-state index in [1.165, 1.54) is 54.9 Å². The Labute approximate surface area is 245 Å². The molecule has 1 heterocycles. The number of nitrogens with zero attached hydrogens (tertiary/aromatic N) is 2. The van der Waals surface area contributed by atoms with Gasteiger partial charge in [-0.15, -0.1) is 0 Å². The molecule has 0 saturated heterocycles. The summed E-state index contributed by atoms with van der Waals surface area (Å²) in [5.41, 5.74) is 10.7. The van der Waals surface area contributed by atoms with Gasteiger partial charge in [0.1, 0.15) is 5.82 Å². The number of hydrogen-bond acceptors (Lipinski definition) is 1. The lowest BCUT2D eigenvalue weighted by Gasteiger charge is -2.21. The SMILES string of the molecule is Cc1nc2ccccc2n1-c1ccccc1-c1c2ccccc2c(-c2ccccc2-c2ccccc2)c2ccccc12. The Morgan fingerprint density at radius 3 is 1.57 bits per heavy atom. The fourth-order valence-electron chi connectivity index (χ4n) is 6.61. The Bertz CT molecular complexity index is 2200. The highest BCUT2D eigenvalue weighted by molar-refractivity contribution is 6.23. The molecule has 2 heteroatoms. The lowest BCUT2D eigenvalue weighted by atomic mass is 9.83. The summed E-state index contributed by atoms with van der Waals surface area (Å²) in [6.45, 7) is 2.09. The van der Waals surface area contributed by atoms with Crippen LogP contribution in [0.1, 0.15) is 5.82 Å². The smallest absolute Gasteiger partial charge is 0.111 e. The summed E-state index contributed by atoms with van der Waals surface area (Å²) in [5, 5.41) is 4.97. The molecule has 2 nitrogen and oxygen atoms in total.